The predicted molar refractivity (Wildman–Crippen MR) is 78.1 cm³/mol. The van der Waals surface area contributed by atoms with Crippen molar-refractivity contribution in [1.82, 2.24) is 0 Å². The molecule has 0 aromatic heterocycles. The SMILES string of the molecule is NCC1CCC(C(=O)Nc2ccccc2C(N)=O)CC1. The minimum Gasteiger partial charge on any atom is -0.366 e. The topological polar surface area (TPSA) is 98.2 Å². The van der Waals surface area contributed by atoms with Gasteiger partial charge in [-0.2, -0.15) is 0 Å². The molecule has 0 saturated heterocycles. The Kier molecular flexibility index (Phi) is 4.74. The van der Waals surface area contributed by atoms with Crippen LogP contribution >= 0.6 is 0 Å². The number of hydrogen-bond acceptors (Lipinski definition) is 3. The number of hydrogen-bond donors (Lipinski definition) is 3. The van der Waals surface area contributed by atoms with Gasteiger partial charge >= 0.3 is 0 Å². The molecule has 0 bridgehead atoms. The predicted octanol–water partition coefficient (Wildman–Crippen LogP) is 1.49. The number of primary amides is 1. The van der Waals surface area contributed by atoms with E-state index in [0.717, 1.165) is 25.7 Å². The summed E-state index contributed by atoms with van der Waals surface area (Å²) in [6, 6.07) is 6.81. The van der Waals surface area contributed by atoms with Gasteiger partial charge in [-0.25, -0.2) is 0 Å². The van der Waals surface area contributed by atoms with E-state index in [-0.39, 0.29) is 11.8 Å². The van der Waals surface area contributed by atoms with E-state index >= 15 is 0 Å². The van der Waals surface area contributed by atoms with Gasteiger partial charge in [0, 0.05) is 5.92 Å². The van der Waals surface area contributed by atoms with Gasteiger partial charge < -0.3 is 16.8 Å². The zero-order valence-corrected chi connectivity index (χ0v) is 11.5. The van der Waals surface area contributed by atoms with Gasteiger partial charge in [0.2, 0.25) is 5.91 Å². The molecule has 20 heavy (non-hydrogen) atoms. The number of benzene rings is 1. The molecule has 1 saturated carbocycles. The number of carbonyl (C=O) groups excluding carboxylic acids is 2. The monoisotopic (exact) mass is 275 g/mol. The van der Waals surface area contributed by atoms with Crippen molar-refractivity contribution in [3.63, 3.8) is 0 Å². The molecule has 0 unspecified atom stereocenters. The van der Waals surface area contributed by atoms with Gasteiger partial charge in [0.05, 0.1) is 11.3 Å². The van der Waals surface area contributed by atoms with Crippen LogP contribution in [0.5, 0.6) is 0 Å². The highest BCUT2D eigenvalue weighted by Gasteiger charge is 2.26. The Morgan fingerprint density at radius 1 is 1.15 bits per heavy atom. The van der Waals surface area contributed by atoms with Crippen LogP contribution in [0.4, 0.5) is 5.69 Å². The lowest BCUT2D eigenvalue weighted by Crippen LogP contribution is -2.30. The van der Waals surface area contributed by atoms with Gasteiger partial charge in [-0.05, 0) is 50.3 Å². The zero-order valence-electron chi connectivity index (χ0n) is 11.5. The first-order valence-electron chi connectivity index (χ1n) is 7.01. The summed E-state index contributed by atoms with van der Waals surface area (Å²) in [6.07, 6.45) is 3.69. The van der Waals surface area contributed by atoms with Crippen LogP contribution in [0.15, 0.2) is 24.3 Å². The summed E-state index contributed by atoms with van der Waals surface area (Å²) in [5.41, 5.74) is 11.8. The Bertz CT molecular complexity index is 494. The molecule has 2 rings (SSSR count). The molecule has 2 amide bonds. The molecule has 0 radical (unpaired) electrons. The van der Waals surface area contributed by atoms with Crippen LogP contribution in [0.25, 0.3) is 0 Å². The fraction of sp³-hybridized carbons (Fsp3) is 0.467. The molecular formula is C15H21N3O2. The van der Waals surface area contributed by atoms with Crippen LogP contribution in [0.2, 0.25) is 0 Å². The summed E-state index contributed by atoms with van der Waals surface area (Å²) in [5, 5.41) is 2.82. The maximum atomic E-state index is 12.2. The lowest BCUT2D eigenvalue weighted by atomic mass is 9.81. The molecule has 5 N–H and O–H groups in total. The minimum absolute atomic E-state index is 0.00117. The summed E-state index contributed by atoms with van der Waals surface area (Å²) >= 11 is 0. The molecule has 1 aliphatic carbocycles. The van der Waals surface area contributed by atoms with Crippen molar-refractivity contribution in [2.75, 3.05) is 11.9 Å². The fourth-order valence-corrected chi connectivity index (χ4v) is 2.70. The Hall–Kier alpha value is -1.88. The zero-order chi connectivity index (χ0) is 14.5. The van der Waals surface area contributed by atoms with E-state index in [2.05, 4.69) is 5.32 Å². The highest BCUT2D eigenvalue weighted by Crippen LogP contribution is 2.29. The molecule has 0 spiro atoms. The molecular weight excluding hydrogens is 254 g/mol. The largest absolute Gasteiger partial charge is 0.366 e. The molecule has 5 nitrogen and oxygen atoms in total. The van der Waals surface area contributed by atoms with Gasteiger partial charge in [-0.15, -0.1) is 0 Å². The second-order valence-corrected chi connectivity index (χ2v) is 5.35. The number of amides is 2. The molecule has 1 aliphatic rings. The molecule has 5 heteroatoms. The molecule has 1 aromatic rings. The standard InChI is InChI=1S/C15H21N3O2/c16-9-10-5-7-11(8-6-10)15(20)18-13-4-2-1-3-12(13)14(17)19/h1-4,10-11H,5-9,16H2,(H2,17,19)(H,18,20). The second-order valence-electron chi connectivity index (χ2n) is 5.35. The van der Waals surface area contributed by atoms with Crippen LogP contribution in [-0.2, 0) is 4.79 Å². The van der Waals surface area contributed by atoms with Crippen LogP contribution in [-0.4, -0.2) is 18.4 Å². The number of carbonyl (C=O) groups is 2. The smallest absolute Gasteiger partial charge is 0.250 e. The molecule has 0 heterocycles. The van der Waals surface area contributed by atoms with Crippen LogP contribution in [0.1, 0.15) is 36.0 Å². The van der Waals surface area contributed by atoms with Gasteiger partial charge in [-0.3, -0.25) is 9.59 Å². The Morgan fingerprint density at radius 3 is 2.40 bits per heavy atom. The van der Waals surface area contributed by atoms with Crippen molar-refractivity contribution in [3.05, 3.63) is 29.8 Å². The lowest BCUT2D eigenvalue weighted by molar-refractivity contribution is -0.121. The van der Waals surface area contributed by atoms with E-state index in [4.69, 9.17) is 11.5 Å². The molecule has 108 valence electrons. The number of nitrogens with two attached hydrogens (primary N) is 2. The van der Waals surface area contributed by atoms with Crippen LogP contribution in [0, 0.1) is 11.8 Å². The number of para-hydroxylation sites is 1. The molecule has 0 atom stereocenters. The third-order valence-corrected chi connectivity index (χ3v) is 4.00. The Labute approximate surface area is 118 Å². The van der Waals surface area contributed by atoms with E-state index in [9.17, 15) is 9.59 Å². The van der Waals surface area contributed by atoms with Gasteiger partial charge in [0.15, 0.2) is 0 Å². The first-order valence-corrected chi connectivity index (χ1v) is 7.01. The quantitative estimate of drug-likeness (QED) is 0.776. The third-order valence-electron chi connectivity index (χ3n) is 4.00. The van der Waals surface area contributed by atoms with E-state index in [0.29, 0.717) is 23.7 Å². The number of anilines is 1. The maximum absolute atomic E-state index is 12.2. The minimum atomic E-state index is -0.535. The average molecular weight is 275 g/mol. The van der Waals surface area contributed by atoms with Crippen molar-refractivity contribution in [2.24, 2.45) is 23.3 Å². The summed E-state index contributed by atoms with van der Waals surface area (Å²) in [6.45, 7) is 0.693. The van der Waals surface area contributed by atoms with Crippen LogP contribution in [0.3, 0.4) is 0 Å². The molecule has 0 aliphatic heterocycles. The fourth-order valence-electron chi connectivity index (χ4n) is 2.70. The summed E-state index contributed by atoms with van der Waals surface area (Å²) in [5.74, 6) is -0.0300. The average Bonchev–Trinajstić information content (AvgIpc) is 2.47. The Morgan fingerprint density at radius 2 is 1.80 bits per heavy atom. The number of nitrogens with one attached hydrogen (secondary N) is 1. The van der Waals surface area contributed by atoms with E-state index in [1.165, 1.54) is 0 Å². The second kappa shape index (κ2) is 6.52. The first kappa shape index (κ1) is 14.5. The van der Waals surface area contributed by atoms with Crippen molar-refractivity contribution >= 4 is 17.5 Å². The maximum Gasteiger partial charge on any atom is 0.250 e. The van der Waals surface area contributed by atoms with Gasteiger partial charge in [0.25, 0.3) is 5.91 Å². The van der Waals surface area contributed by atoms with E-state index in [1.54, 1.807) is 24.3 Å². The summed E-state index contributed by atoms with van der Waals surface area (Å²) < 4.78 is 0. The first-order chi connectivity index (χ1) is 9.61. The van der Waals surface area contributed by atoms with Crippen LogP contribution < -0.4 is 16.8 Å². The highest BCUT2D eigenvalue weighted by molar-refractivity contribution is 6.03. The highest BCUT2D eigenvalue weighted by atomic mass is 16.2. The number of rotatable bonds is 4. The summed E-state index contributed by atoms with van der Waals surface area (Å²) in [4.78, 5) is 23.6. The van der Waals surface area contributed by atoms with E-state index in [1.807, 2.05) is 0 Å². The third kappa shape index (κ3) is 3.36. The lowest BCUT2D eigenvalue weighted by Gasteiger charge is -2.26. The molecule has 1 aromatic carbocycles. The van der Waals surface area contributed by atoms with Gasteiger partial charge in [0.1, 0.15) is 0 Å². The van der Waals surface area contributed by atoms with E-state index < -0.39 is 5.91 Å². The Balaban J connectivity index is 2.00. The van der Waals surface area contributed by atoms with Gasteiger partial charge in [-0.1, -0.05) is 12.1 Å². The normalized spacial score (nSPS) is 22.2. The summed E-state index contributed by atoms with van der Waals surface area (Å²) in [7, 11) is 0. The van der Waals surface area contributed by atoms with Crippen molar-refractivity contribution in [2.45, 2.75) is 25.7 Å². The van der Waals surface area contributed by atoms with Crippen molar-refractivity contribution < 1.29 is 9.59 Å². The van der Waals surface area contributed by atoms with Crippen molar-refractivity contribution in [1.29, 1.82) is 0 Å². The van der Waals surface area contributed by atoms with Crippen molar-refractivity contribution in [3.8, 4) is 0 Å². The molecule has 1 fully saturated rings.